The van der Waals surface area contributed by atoms with Crippen molar-refractivity contribution in [2.24, 2.45) is 0 Å². The predicted molar refractivity (Wildman–Crippen MR) is 73.7 cm³/mol. The molecule has 0 aliphatic rings. The number of benzene rings is 1. The lowest BCUT2D eigenvalue weighted by molar-refractivity contribution is 0.357. The summed E-state index contributed by atoms with van der Waals surface area (Å²) in [6.45, 7) is 6.62. The number of halogens is 1. The zero-order valence-electron chi connectivity index (χ0n) is 10.5. The molecule has 2 nitrogen and oxygen atoms in total. The van der Waals surface area contributed by atoms with Gasteiger partial charge in [0.05, 0.1) is 0 Å². The summed E-state index contributed by atoms with van der Waals surface area (Å²) in [7, 11) is 0. The lowest BCUT2D eigenvalue weighted by atomic mass is 10.1. The SMILES string of the molecule is CCCNCc1cc(C)ccc1OCC=CCl. The normalized spacial score (nSPS) is 11.0. The first kappa shape index (κ1) is 14.1. The van der Waals surface area contributed by atoms with Gasteiger partial charge in [0.2, 0.25) is 0 Å². The van der Waals surface area contributed by atoms with E-state index in [2.05, 4.69) is 31.3 Å². The molecule has 17 heavy (non-hydrogen) atoms. The fraction of sp³-hybridized carbons (Fsp3) is 0.429. The van der Waals surface area contributed by atoms with Crippen LogP contribution in [0.4, 0.5) is 0 Å². The molecular formula is C14H20ClNO. The minimum absolute atomic E-state index is 0.507. The van der Waals surface area contributed by atoms with Crippen LogP contribution in [0.25, 0.3) is 0 Å². The lowest BCUT2D eigenvalue weighted by Gasteiger charge is -2.11. The number of aryl methyl sites for hydroxylation is 1. The summed E-state index contributed by atoms with van der Waals surface area (Å²) >= 11 is 5.46. The standard InChI is InChI=1S/C14H20ClNO/c1-3-8-16-11-13-10-12(2)5-6-14(13)17-9-4-7-15/h4-7,10,16H,3,8-9,11H2,1-2H3. The molecule has 1 aromatic carbocycles. The molecular weight excluding hydrogens is 234 g/mol. The molecule has 0 fully saturated rings. The summed E-state index contributed by atoms with van der Waals surface area (Å²) in [6, 6.07) is 6.23. The van der Waals surface area contributed by atoms with Gasteiger partial charge in [0.1, 0.15) is 12.4 Å². The molecule has 1 rings (SSSR count). The Bertz CT molecular complexity index is 363. The number of hydrogen-bond donors (Lipinski definition) is 1. The molecule has 0 bridgehead atoms. The van der Waals surface area contributed by atoms with Crippen LogP contribution in [0, 0.1) is 6.92 Å². The molecule has 0 saturated carbocycles. The van der Waals surface area contributed by atoms with Crippen LogP contribution in [0.2, 0.25) is 0 Å². The molecule has 0 aliphatic carbocycles. The Morgan fingerprint density at radius 2 is 2.24 bits per heavy atom. The Balaban J connectivity index is 2.65. The van der Waals surface area contributed by atoms with Gasteiger partial charge >= 0.3 is 0 Å². The molecule has 0 radical (unpaired) electrons. The lowest BCUT2D eigenvalue weighted by Crippen LogP contribution is -2.14. The molecule has 94 valence electrons. The minimum Gasteiger partial charge on any atom is -0.489 e. The van der Waals surface area contributed by atoms with Gasteiger partial charge in [-0.25, -0.2) is 0 Å². The average molecular weight is 254 g/mol. The Hall–Kier alpha value is -0.990. The zero-order valence-corrected chi connectivity index (χ0v) is 11.3. The Morgan fingerprint density at radius 1 is 1.41 bits per heavy atom. The Labute approximate surface area is 109 Å². The molecule has 0 heterocycles. The number of hydrogen-bond acceptors (Lipinski definition) is 2. The fourth-order valence-corrected chi connectivity index (χ4v) is 1.63. The molecule has 3 heteroatoms. The molecule has 0 amide bonds. The van der Waals surface area contributed by atoms with E-state index in [-0.39, 0.29) is 0 Å². The van der Waals surface area contributed by atoms with Gasteiger partial charge in [-0.2, -0.15) is 0 Å². The minimum atomic E-state index is 0.507. The van der Waals surface area contributed by atoms with Crippen molar-refractivity contribution in [2.45, 2.75) is 26.8 Å². The van der Waals surface area contributed by atoms with Gasteiger partial charge in [-0.3, -0.25) is 0 Å². The smallest absolute Gasteiger partial charge is 0.124 e. The van der Waals surface area contributed by atoms with E-state index in [4.69, 9.17) is 16.3 Å². The van der Waals surface area contributed by atoms with Crippen molar-refractivity contribution < 1.29 is 4.74 Å². The highest BCUT2D eigenvalue weighted by molar-refractivity contribution is 6.25. The van der Waals surface area contributed by atoms with Gasteiger partial charge in [-0.15, -0.1) is 0 Å². The van der Waals surface area contributed by atoms with E-state index in [0.29, 0.717) is 6.61 Å². The summed E-state index contributed by atoms with van der Waals surface area (Å²) in [6.07, 6.45) is 2.92. The second-order valence-electron chi connectivity index (χ2n) is 3.96. The van der Waals surface area contributed by atoms with Crippen LogP contribution in [0.5, 0.6) is 5.75 Å². The van der Waals surface area contributed by atoms with Crippen LogP contribution in [0.15, 0.2) is 29.8 Å². The second-order valence-corrected chi connectivity index (χ2v) is 4.21. The van der Waals surface area contributed by atoms with Gasteiger partial charge in [-0.1, -0.05) is 36.2 Å². The van der Waals surface area contributed by atoms with E-state index in [9.17, 15) is 0 Å². The Morgan fingerprint density at radius 3 is 2.94 bits per heavy atom. The van der Waals surface area contributed by atoms with E-state index < -0.39 is 0 Å². The quantitative estimate of drug-likeness (QED) is 0.750. The van der Waals surface area contributed by atoms with Gasteiger partial charge in [0, 0.05) is 17.6 Å². The number of ether oxygens (including phenoxy) is 1. The van der Waals surface area contributed by atoms with Crippen molar-refractivity contribution in [3.63, 3.8) is 0 Å². The summed E-state index contributed by atoms with van der Waals surface area (Å²) in [5.74, 6) is 0.925. The Kier molecular flexibility index (Phi) is 6.75. The first-order chi connectivity index (χ1) is 8.27. The van der Waals surface area contributed by atoms with E-state index in [1.165, 1.54) is 16.7 Å². The number of nitrogens with one attached hydrogen (secondary N) is 1. The van der Waals surface area contributed by atoms with Crippen LogP contribution in [0.1, 0.15) is 24.5 Å². The summed E-state index contributed by atoms with van der Waals surface area (Å²) in [5, 5.41) is 3.39. The highest BCUT2D eigenvalue weighted by Gasteiger charge is 2.03. The van der Waals surface area contributed by atoms with Crippen LogP contribution < -0.4 is 10.1 Å². The molecule has 0 unspecified atom stereocenters. The molecule has 1 aromatic rings. The van der Waals surface area contributed by atoms with Crippen LogP contribution in [-0.4, -0.2) is 13.2 Å². The van der Waals surface area contributed by atoms with Crippen LogP contribution in [0.3, 0.4) is 0 Å². The molecule has 1 N–H and O–H groups in total. The molecule has 0 aliphatic heterocycles. The largest absolute Gasteiger partial charge is 0.489 e. The fourth-order valence-electron chi connectivity index (χ4n) is 1.56. The summed E-state index contributed by atoms with van der Waals surface area (Å²) in [4.78, 5) is 0. The molecule has 0 saturated heterocycles. The van der Waals surface area contributed by atoms with Crippen LogP contribution in [-0.2, 0) is 6.54 Å². The third-order valence-electron chi connectivity index (χ3n) is 2.38. The monoisotopic (exact) mass is 253 g/mol. The van der Waals surface area contributed by atoms with Crippen molar-refractivity contribution in [1.82, 2.24) is 5.32 Å². The first-order valence-corrected chi connectivity index (χ1v) is 6.39. The van der Waals surface area contributed by atoms with Gasteiger partial charge < -0.3 is 10.1 Å². The van der Waals surface area contributed by atoms with Gasteiger partial charge in [-0.05, 0) is 32.0 Å². The highest BCUT2D eigenvalue weighted by atomic mass is 35.5. The third kappa shape index (κ3) is 5.24. The maximum atomic E-state index is 5.65. The van der Waals surface area contributed by atoms with E-state index >= 15 is 0 Å². The topological polar surface area (TPSA) is 21.3 Å². The zero-order chi connectivity index (χ0) is 12.5. The second kappa shape index (κ2) is 8.15. The molecule has 0 atom stereocenters. The highest BCUT2D eigenvalue weighted by Crippen LogP contribution is 2.20. The number of rotatable bonds is 7. The maximum absolute atomic E-state index is 5.65. The van der Waals surface area contributed by atoms with Gasteiger partial charge in [0.25, 0.3) is 0 Å². The maximum Gasteiger partial charge on any atom is 0.124 e. The third-order valence-corrected chi connectivity index (χ3v) is 2.56. The van der Waals surface area contributed by atoms with Crippen molar-refractivity contribution in [1.29, 1.82) is 0 Å². The summed E-state index contributed by atoms with van der Waals surface area (Å²) < 4.78 is 5.65. The first-order valence-electron chi connectivity index (χ1n) is 5.96. The van der Waals surface area contributed by atoms with Crippen LogP contribution >= 0.6 is 11.6 Å². The molecule has 0 spiro atoms. The van der Waals surface area contributed by atoms with E-state index in [1.807, 2.05) is 6.07 Å². The van der Waals surface area contributed by atoms with E-state index in [1.54, 1.807) is 6.08 Å². The van der Waals surface area contributed by atoms with Crippen molar-refractivity contribution >= 4 is 11.6 Å². The summed E-state index contributed by atoms with van der Waals surface area (Å²) in [5.41, 5.74) is 3.92. The van der Waals surface area contributed by atoms with Gasteiger partial charge in [0.15, 0.2) is 0 Å². The predicted octanol–water partition coefficient (Wildman–Crippen LogP) is 3.63. The van der Waals surface area contributed by atoms with Crippen molar-refractivity contribution in [3.8, 4) is 5.75 Å². The van der Waals surface area contributed by atoms with Crippen molar-refractivity contribution in [2.75, 3.05) is 13.2 Å². The van der Waals surface area contributed by atoms with E-state index in [0.717, 1.165) is 25.3 Å². The van der Waals surface area contributed by atoms with Crippen molar-refractivity contribution in [3.05, 3.63) is 40.9 Å². The molecule has 0 aromatic heterocycles. The average Bonchev–Trinajstić information content (AvgIpc) is 2.32.